The monoisotopic (exact) mass is 280 g/mol. The number of nitrogens with zero attached hydrogens (tertiary/aromatic N) is 5. The van der Waals surface area contributed by atoms with Crippen LogP contribution in [0, 0.1) is 5.92 Å². The Morgan fingerprint density at radius 2 is 1.55 bits per heavy atom. The SMILES string of the molecule is CC(C)CC(=O)NCc1nc(N(C)C)nc(N(C)C)n1. The highest BCUT2D eigenvalue weighted by atomic mass is 16.1. The minimum absolute atomic E-state index is 0.0122. The number of hydrogen-bond donors (Lipinski definition) is 1. The number of nitrogens with one attached hydrogen (secondary N) is 1. The summed E-state index contributed by atoms with van der Waals surface area (Å²) in [5.41, 5.74) is 0. The first kappa shape index (κ1) is 16.1. The summed E-state index contributed by atoms with van der Waals surface area (Å²) in [6.07, 6.45) is 0.506. The van der Waals surface area contributed by atoms with Gasteiger partial charge >= 0.3 is 0 Å². The molecule has 1 amide bonds. The van der Waals surface area contributed by atoms with Crippen molar-refractivity contribution in [2.24, 2.45) is 5.92 Å². The molecule has 0 aromatic carbocycles. The molecule has 1 rings (SSSR count). The van der Waals surface area contributed by atoms with Crippen LogP contribution in [0.5, 0.6) is 0 Å². The molecule has 0 unspecified atom stereocenters. The highest BCUT2D eigenvalue weighted by molar-refractivity contribution is 5.75. The smallest absolute Gasteiger partial charge is 0.229 e. The van der Waals surface area contributed by atoms with E-state index in [1.807, 2.05) is 51.8 Å². The van der Waals surface area contributed by atoms with Gasteiger partial charge in [-0.25, -0.2) is 0 Å². The van der Waals surface area contributed by atoms with E-state index < -0.39 is 0 Å². The van der Waals surface area contributed by atoms with Gasteiger partial charge in [-0.1, -0.05) is 13.8 Å². The molecular weight excluding hydrogens is 256 g/mol. The molecule has 0 aliphatic carbocycles. The van der Waals surface area contributed by atoms with Crippen LogP contribution in [0.15, 0.2) is 0 Å². The summed E-state index contributed by atoms with van der Waals surface area (Å²) in [6, 6.07) is 0. The van der Waals surface area contributed by atoms with E-state index in [-0.39, 0.29) is 5.91 Å². The van der Waals surface area contributed by atoms with Crippen molar-refractivity contribution >= 4 is 17.8 Å². The van der Waals surface area contributed by atoms with Gasteiger partial charge in [-0.15, -0.1) is 0 Å². The largest absolute Gasteiger partial charge is 0.349 e. The van der Waals surface area contributed by atoms with Gasteiger partial charge < -0.3 is 15.1 Å². The first-order chi connectivity index (χ1) is 9.29. The van der Waals surface area contributed by atoms with E-state index >= 15 is 0 Å². The lowest BCUT2D eigenvalue weighted by atomic mass is 10.1. The minimum Gasteiger partial charge on any atom is -0.349 e. The average molecular weight is 280 g/mol. The van der Waals surface area contributed by atoms with Crippen molar-refractivity contribution in [3.63, 3.8) is 0 Å². The lowest BCUT2D eigenvalue weighted by Crippen LogP contribution is -2.27. The van der Waals surface area contributed by atoms with Crippen molar-refractivity contribution in [3.8, 4) is 0 Å². The molecule has 1 heterocycles. The molecule has 112 valence electrons. The molecule has 0 radical (unpaired) electrons. The number of anilines is 2. The number of hydrogen-bond acceptors (Lipinski definition) is 6. The predicted octanol–water partition coefficient (Wildman–Crippen LogP) is 0.666. The summed E-state index contributed by atoms with van der Waals surface area (Å²) in [4.78, 5) is 28.3. The lowest BCUT2D eigenvalue weighted by molar-refractivity contribution is -0.121. The molecule has 0 saturated heterocycles. The van der Waals surface area contributed by atoms with Gasteiger partial charge in [-0.05, 0) is 5.92 Å². The van der Waals surface area contributed by atoms with Gasteiger partial charge in [0, 0.05) is 34.6 Å². The summed E-state index contributed by atoms with van der Waals surface area (Å²) < 4.78 is 0. The Morgan fingerprint density at radius 1 is 1.05 bits per heavy atom. The van der Waals surface area contributed by atoms with Crippen LogP contribution in [0.4, 0.5) is 11.9 Å². The van der Waals surface area contributed by atoms with Gasteiger partial charge in [0.15, 0.2) is 5.82 Å². The third-order valence-electron chi connectivity index (χ3n) is 2.50. The molecule has 7 nitrogen and oxygen atoms in total. The molecule has 1 N–H and O–H groups in total. The zero-order valence-corrected chi connectivity index (χ0v) is 13.1. The van der Waals surface area contributed by atoms with Crippen LogP contribution in [0.1, 0.15) is 26.1 Å². The van der Waals surface area contributed by atoms with E-state index in [0.29, 0.717) is 36.6 Å². The molecule has 0 saturated carbocycles. The second-order valence-corrected chi connectivity index (χ2v) is 5.52. The highest BCUT2D eigenvalue weighted by Gasteiger charge is 2.11. The van der Waals surface area contributed by atoms with E-state index in [0.717, 1.165) is 0 Å². The molecule has 0 spiro atoms. The van der Waals surface area contributed by atoms with Gasteiger partial charge in [0.2, 0.25) is 17.8 Å². The number of carbonyl (C=O) groups is 1. The van der Waals surface area contributed by atoms with Crippen LogP contribution in [0.2, 0.25) is 0 Å². The van der Waals surface area contributed by atoms with Crippen LogP contribution < -0.4 is 15.1 Å². The minimum atomic E-state index is 0.0122. The third-order valence-corrected chi connectivity index (χ3v) is 2.50. The summed E-state index contributed by atoms with van der Waals surface area (Å²) >= 11 is 0. The second kappa shape index (κ2) is 7.02. The maximum Gasteiger partial charge on any atom is 0.229 e. The quantitative estimate of drug-likeness (QED) is 0.825. The Labute approximate surface area is 120 Å². The Balaban J connectivity index is 2.81. The Bertz CT molecular complexity index is 432. The topological polar surface area (TPSA) is 74.2 Å². The van der Waals surface area contributed by atoms with Gasteiger partial charge in [0.1, 0.15) is 0 Å². The summed E-state index contributed by atoms with van der Waals surface area (Å²) in [7, 11) is 7.48. The number of rotatable bonds is 6. The summed E-state index contributed by atoms with van der Waals surface area (Å²) in [6.45, 7) is 4.34. The van der Waals surface area contributed by atoms with Crippen molar-refractivity contribution in [3.05, 3.63) is 5.82 Å². The molecule has 20 heavy (non-hydrogen) atoms. The fraction of sp³-hybridized carbons (Fsp3) is 0.692. The van der Waals surface area contributed by atoms with Crippen LogP contribution >= 0.6 is 0 Å². The lowest BCUT2D eigenvalue weighted by Gasteiger charge is -2.16. The van der Waals surface area contributed by atoms with E-state index in [2.05, 4.69) is 20.3 Å². The van der Waals surface area contributed by atoms with Gasteiger partial charge in [-0.2, -0.15) is 15.0 Å². The van der Waals surface area contributed by atoms with Crippen molar-refractivity contribution in [1.29, 1.82) is 0 Å². The zero-order valence-electron chi connectivity index (χ0n) is 13.1. The molecule has 1 aromatic heterocycles. The maximum atomic E-state index is 11.7. The fourth-order valence-corrected chi connectivity index (χ4v) is 1.49. The second-order valence-electron chi connectivity index (χ2n) is 5.52. The average Bonchev–Trinajstić information content (AvgIpc) is 2.35. The van der Waals surface area contributed by atoms with Gasteiger partial charge in [0.25, 0.3) is 0 Å². The fourth-order valence-electron chi connectivity index (χ4n) is 1.49. The van der Waals surface area contributed by atoms with Crippen LogP contribution in [0.25, 0.3) is 0 Å². The predicted molar refractivity (Wildman–Crippen MR) is 79.8 cm³/mol. The van der Waals surface area contributed by atoms with Gasteiger partial charge in [-0.3, -0.25) is 4.79 Å². The Morgan fingerprint density at radius 3 is 1.95 bits per heavy atom. The molecule has 0 aliphatic heterocycles. The molecule has 0 aliphatic rings. The van der Waals surface area contributed by atoms with Crippen LogP contribution in [-0.4, -0.2) is 49.0 Å². The van der Waals surface area contributed by atoms with Crippen molar-refractivity contribution < 1.29 is 4.79 Å². The Kier molecular flexibility index (Phi) is 5.66. The highest BCUT2D eigenvalue weighted by Crippen LogP contribution is 2.10. The molecule has 7 heteroatoms. The van der Waals surface area contributed by atoms with Gasteiger partial charge in [0.05, 0.1) is 6.54 Å². The molecule has 0 fully saturated rings. The van der Waals surface area contributed by atoms with Crippen molar-refractivity contribution in [2.75, 3.05) is 38.0 Å². The maximum absolute atomic E-state index is 11.7. The van der Waals surface area contributed by atoms with Crippen molar-refractivity contribution in [2.45, 2.75) is 26.8 Å². The standard InChI is InChI=1S/C13H24N6O/c1-9(2)7-11(20)14-8-10-15-12(18(3)4)17-13(16-10)19(5)6/h9H,7-8H2,1-6H3,(H,14,20). The molecule has 0 atom stereocenters. The van der Waals surface area contributed by atoms with Crippen LogP contribution in [0.3, 0.4) is 0 Å². The third kappa shape index (κ3) is 4.99. The molecule has 1 aromatic rings. The van der Waals surface area contributed by atoms with E-state index in [9.17, 15) is 4.79 Å². The van der Waals surface area contributed by atoms with E-state index in [1.165, 1.54) is 0 Å². The Hall–Kier alpha value is -1.92. The van der Waals surface area contributed by atoms with Crippen LogP contribution in [-0.2, 0) is 11.3 Å². The zero-order chi connectivity index (χ0) is 15.3. The van der Waals surface area contributed by atoms with Crippen molar-refractivity contribution in [1.82, 2.24) is 20.3 Å². The summed E-state index contributed by atoms with van der Waals surface area (Å²) in [5.74, 6) is 2.07. The number of amides is 1. The van der Waals surface area contributed by atoms with E-state index in [1.54, 1.807) is 0 Å². The normalized spacial score (nSPS) is 10.6. The molecular formula is C13H24N6O. The van der Waals surface area contributed by atoms with E-state index in [4.69, 9.17) is 0 Å². The summed E-state index contributed by atoms with van der Waals surface area (Å²) in [5, 5.41) is 2.83. The first-order valence-electron chi connectivity index (χ1n) is 6.66. The number of aromatic nitrogens is 3. The number of carbonyl (C=O) groups excluding carboxylic acids is 1. The first-order valence-corrected chi connectivity index (χ1v) is 6.66. The molecule has 0 bridgehead atoms.